The van der Waals surface area contributed by atoms with Gasteiger partial charge in [-0.15, -0.1) is 13.5 Å². The first kappa shape index (κ1) is 67.5. The van der Waals surface area contributed by atoms with Crippen molar-refractivity contribution in [3.05, 3.63) is 142 Å². The van der Waals surface area contributed by atoms with Crippen LogP contribution in [0.1, 0.15) is 72.7 Å². The average molecular weight is 1260 g/mol. The second-order valence-electron chi connectivity index (χ2n) is 19.7. The lowest BCUT2D eigenvalue weighted by molar-refractivity contribution is -0.277. The molecule has 1 saturated heterocycles. The molecule has 474 valence electrons. The molecule has 1 fully saturated rings. The third-order valence-corrected chi connectivity index (χ3v) is 15.9. The quantitative estimate of drug-likeness (QED) is 0.0210. The van der Waals surface area contributed by atoms with Crippen LogP contribution < -0.4 is 37.4 Å². The first-order valence-corrected chi connectivity index (χ1v) is 30.5. The van der Waals surface area contributed by atoms with Crippen LogP contribution in [0.3, 0.4) is 0 Å². The highest BCUT2D eigenvalue weighted by Crippen LogP contribution is 2.40. The number of aliphatic hydroxyl groups is 4. The Labute approximate surface area is 508 Å². The van der Waals surface area contributed by atoms with Gasteiger partial charge in [-0.05, 0) is 91.2 Å². The smallest absolute Gasteiger partial charge is 0.493 e. The second-order valence-corrected chi connectivity index (χ2v) is 22.9. The molecule has 5 atom stereocenters. The molecular formula is C60H70N4O22S2. The number of methoxy groups -OCH3 is 4. The number of rotatable bonds is 35. The van der Waals surface area contributed by atoms with Crippen LogP contribution in [0.2, 0.25) is 0 Å². The van der Waals surface area contributed by atoms with Gasteiger partial charge in [0.1, 0.15) is 30.1 Å². The molecule has 26 nitrogen and oxygen atoms in total. The van der Waals surface area contributed by atoms with Gasteiger partial charge in [-0.25, -0.2) is 13.1 Å². The molecule has 0 aliphatic carbocycles. The van der Waals surface area contributed by atoms with Crippen LogP contribution in [0, 0.1) is 6.92 Å². The standard InChI is InChI=1S/C60H70N4O22S2/c1-38-8-18-45(19-9-38)87(72,73)30-22-47(67)41-13-15-42(16-14-41)59(71)61-35-44-36-64(63-62-44)23-25-81-27-29-82-28-26-80-24-6-7-46(66)43-17-21-49(83-60-57(70)56(69)55(68)54(37-65)84-60)51(34-43)86-88(74,75)85-50-31-39(12-20-48(50)76-2)10-11-40-32-52(77-3)58(79-5)53(33-40)78-4/h8-21,31-34,36,54-57,60,65,68-70H,6-7,22-30,35,37H2,1-5H3,(H,61,71)/b11-10-/t54-,55+,56+,57-,60?/m1/s1. The van der Waals surface area contributed by atoms with E-state index < -0.39 is 80.7 Å². The summed E-state index contributed by atoms with van der Waals surface area (Å²) in [4.78, 5) is 39.2. The molecule has 0 saturated carbocycles. The van der Waals surface area contributed by atoms with Crippen LogP contribution in [0.15, 0.2) is 108 Å². The number of aromatic nitrogens is 3. The number of carbonyl (C=O) groups is 3. The SMILES string of the molecule is COc1ccc(/C=C\c2cc(OC)c(OC)c(OC)c2)cc1OS(=O)(=O)Oc1cc(C(=O)CCCOCCOCCOCCn2cc(CNC(=O)c3ccc(C(=O)CCS(=O)(=O)c4ccc(C)cc4)cc3)nn2)ccc1OC1O[C@H](CO)[C@H](O)[C@H](O)[C@H]1O. The highest BCUT2D eigenvalue weighted by Gasteiger charge is 2.45. The molecule has 1 amide bonds. The summed E-state index contributed by atoms with van der Waals surface area (Å²) < 4.78 is 115. The second kappa shape index (κ2) is 32.3. The van der Waals surface area contributed by atoms with Gasteiger partial charge in [0, 0.05) is 36.1 Å². The number of hydrogen-bond donors (Lipinski definition) is 5. The van der Waals surface area contributed by atoms with E-state index in [1.165, 1.54) is 89.1 Å². The Hall–Kier alpha value is -8.03. The lowest BCUT2D eigenvalue weighted by atomic mass is 9.99. The molecule has 0 spiro atoms. The maximum Gasteiger partial charge on any atom is 0.501 e. The monoisotopic (exact) mass is 1260 g/mol. The van der Waals surface area contributed by atoms with Crippen LogP contribution in [-0.2, 0) is 52.3 Å². The predicted molar refractivity (Wildman–Crippen MR) is 315 cm³/mol. The van der Waals surface area contributed by atoms with Gasteiger partial charge in [-0.3, -0.25) is 14.4 Å². The van der Waals surface area contributed by atoms with E-state index in [-0.39, 0.29) is 92.3 Å². The van der Waals surface area contributed by atoms with Gasteiger partial charge < -0.3 is 76.7 Å². The van der Waals surface area contributed by atoms with Crippen molar-refractivity contribution in [2.75, 3.05) is 80.4 Å². The fourth-order valence-corrected chi connectivity index (χ4v) is 10.6. The Balaban J connectivity index is 0.829. The largest absolute Gasteiger partial charge is 0.501 e. The molecule has 0 radical (unpaired) electrons. The molecule has 0 bridgehead atoms. The van der Waals surface area contributed by atoms with E-state index >= 15 is 0 Å². The third-order valence-electron chi connectivity index (χ3n) is 13.4. The number of nitrogens with zero attached hydrogens (tertiary/aromatic N) is 3. The van der Waals surface area contributed by atoms with Crippen molar-refractivity contribution in [3.8, 4) is 40.2 Å². The Morgan fingerprint density at radius 2 is 1.20 bits per heavy atom. The molecule has 1 aliphatic rings. The first-order chi connectivity index (χ1) is 42.2. The number of sulfone groups is 1. The zero-order valence-corrected chi connectivity index (χ0v) is 50.5. The molecule has 2 heterocycles. The van der Waals surface area contributed by atoms with Crippen molar-refractivity contribution in [3.63, 3.8) is 0 Å². The minimum Gasteiger partial charge on any atom is -0.493 e. The molecule has 1 aliphatic heterocycles. The molecule has 1 unspecified atom stereocenters. The van der Waals surface area contributed by atoms with Gasteiger partial charge >= 0.3 is 10.4 Å². The van der Waals surface area contributed by atoms with Gasteiger partial charge in [0.05, 0.1) is 98.0 Å². The van der Waals surface area contributed by atoms with Gasteiger partial charge in [0.25, 0.3) is 5.91 Å². The number of Topliss-reactive ketones (excluding diaryl/α,β-unsaturated/α-hetero) is 2. The van der Waals surface area contributed by atoms with Crippen LogP contribution >= 0.6 is 0 Å². The molecule has 5 aromatic carbocycles. The lowest BCUT2D eigenvalue weighted by Gasteiger charge is -2.39. The summed E-state index contributed by atoms with van der Waals surface area (Å²) in [6.45, 7) is 2.97. The Morgan fingerprint density at radius 1 is 0.625 bits per heavy atom. The summed E-state index contributed by atoms with van der Waals surface area (Å²) in [5.41, 5.74) is 3.11. The highest BCUT2D eigenvalue weighted by molar-refractivity contribution is 7.91. The summed E-state index contributed by atoms with van der Waals surface area (Å²) in [7, 11) is -3.01. The molecular weight excluding hydrogens is 1190 g/mol. The average Bonchev–Trinajstić information content (AvgIpc) is 3.92. The zero-order chi connectivity index (χ0) is 63.4. The fourth-order valence-electron chi connectivity index (χ4n) is 8.65. The van der Waals surface area contributed by atoms with E-state index in [1.807, 2.05) is 6.92 Å². The Kier molecular flexibility index (Phi) is 24.7. The number of amides is 1. The van der Waals surface area contributed by atoms with Crippen LogP contribution in [-0.4, -0.2) is 181 Å². The highest BCUT2D eigenvalue weighted by atomic mass is 32.3. The van der Waals surface area contributed by atoms with Gasteiger partial charge in [-0.1, -0.05) is 53.3 Å². The van der Waals surface area contributed by atoms with Crippen molar-refractivity contribution in [2.24, 2.45) is 0 Å². The molecule has 1 aromatic heterocycles. The summed E-state index contributed by atoms with van der Waals surface area (Å²) in [6, 6.07) is 23.8. The third kappa shape index (κ3) is 19.0. The Morgan fingerprint density at radius 3 is 1.85 bits per heavy atom. The predicted octanol–water partition coefficient (Wildman–Crippen LogP) is 4.36. The van der Waals surface area contributed by atoms with Crippen molar-refractivity contribution in [2.45, 2.75) is 74.9 Å². The molecule has 7 rings (SSSR count). The van der Waals surface area contributed by atoms with Gasteiger partial charge in [-0.2, -0.15) is 0 Å². The number of carbonyl (C=O) groups excluding carboxylic acids is 3. The van der Waals surface area contributed by atoms with Gasteiger partial charge in [0.2, 0.25) is 12.0 Å². The van der Waals surface area contributed by atoms with Crippen molar-refractivity contribution in [1.82, 2.24) is 20.3 Å². The number of ketones is 2. The lowest BCUT2D eigenvalue weighted by Crippen LogP contribution is -2.60. The van der Waals surface area contributed by atoms with Crippen LogP contribution in [0.4, 0.5) is 0 Å². The van der Waals surface area contributed by atoms with E-state index in [9.17, 15) is 51.6 Å². The molecule has 88 heavy (non-hydrogen) atoms. The Bertz CT molecular complexity index is 3540. The topological polar surface area (TPSA) is 345 Å². The van der Waals surface area contributed by atoms with Crippen molar-refractivity contribution >= 4 is 49.9 Å². The molecule has 28 heteroatoms. The maximum absolute atomic E-state index is 13.7. The van der Waals surface area contributed by atoms with Crippen LogP contribution in [0.25, 0.3) is 12.2 Å². The normalized spacial score (nSPS) is 16.9. The minimum atomic E-state index is -5.10. The summed E-state index contributed by atoms with van der Waals surface area (Å²) in [6.07, 6.45) is -3.53. The fraction of sp³-hybridized carbons (Fsp3) is 0.383. The minimum absolute atomic E-state index is 0.00297. The van der Waals surface area contributed by atoms with Crippen LogP contribution in [0.5, 0.6) is 40.2 Å². The van der Waals surface area contributed by atoms with E-state index in [0.717, 1.165) is 11.6 Å². The van der Waals surface area contributed by atoms with Crippen molar-refractivity contribution in [1.29, 1.82) is 0 Å². The summed E-state index contributed by atoms with van der Waals surface area (Å²) in [5, 5.41) is 52.1. The number of ether oxygens (including phenoxy) is 9. The van der Waals surface area contributed by atoms with Crippen molar-refractivity contribution < 1.29 is 103 Å². The van der Waals surface area contributed by atoms with E-state index in [2.05, 4.69) is 15.6 Å². The molecule has 5 N–H and O–H groups in total. The van der Waals surface area contributed by atoms with E-state index in [1.54, 1.807) is 53.4 Å². The number of aryl methyl sites for hydroxylation is 1. The van der Waals surface area contributed by atoms with E-state index in [4.69, 9.17) is 51.0 Å². The van der Waals surface area contributed by atoms with E-state index in [0.29, 0.717) is 58.3 Å². The number of aliphatic hydroxyl groups excluding tert-OH is 4. The first-order valence-electron chi connectivity index (χ1n) is 27.5. The number of benzene rings is 5. The zero-order valence-electron chi connectivity index (χ0n) is 48.8. The number of nitrogens with one attached hydrogen (secondary N) is 1. The summed E-state index contributed by atoms with van der Waals surface area (Å²) >= 11 is 0. The van der Waals surface area contributed by atoms with Gasteiger partial charge in [0.15, 0.2) is 55.9 Å². The maximum atomic E-state index is 13.7. The summed E-state index contributed by atoms with van der Waals surface area (Å²) in [5.74, 6) is -1.61. The number of hydrogen-bond acceptors (Lipinski definition) is 24. The molecule has 6 aromatic rings.